The minimum Gasteiger partial charge on any atom is -0.334 e. The molecule has 1 aromatic carbocycles. The third kappa shape index (κ3) is 3.20. The lowest BCUT2D eigenvalue weighted by Gasteiger charge is -2.31. The Labute approximate surface area is 122 Å². The summed E-state index contributed by atoms with van der Waals surface area (Å²) in [7, 11) is 0. The van der Waals surface area contributed by atoms with Gasteiger partial charge in [0, 0.05) is 5.02 Å². The van der Waals surface area contributed by atoms with E-state index in [1.165, 1.54) is 6.07 Å². The fourth-order valence-corrected chi connectivity index (χ4v) is 2.87. The van der Waals surface area contributed by atoms with E-state index in [0.29, 0.717) is 28.5 Å². The first-order chi connectivity index (χ1) is 9.06. The maximum Gasteiger partial charge on any atom is 0.254 e. The summed E-state index contributed by atoms with van der Waals surface area (Å²) >= 11 is 11.8. The van der Waals surface area contributed by atoms with Crippen LogP contribution in [0.4, 0.5) is 0 Å². The van der Waals surface area contributed by atoms with Crippen molar-refractivity contribution in [3.05, 3.63) is 33.8 Å². The van der Waals surface area contributed by atoms with Crippen molar-refractivity contribution >= 4 is 29.1 Å². The number of carbonyl (C=O) groups excluding carboxylic acids is 1. The van der Waals surface area contributed by atoms with Gasteiger partial charge in [0.2, 0.25) is 0 Å². The van der Waals surface area contributed by atoms with Crippen LogP contribution in [0, 0.1) is 11.3 Å². The number of amides is 1. The van der Waals surface area contributed by atoms with Gasteiger partial charge in [-0.05, 0) is 31.0 Å². The van der Waals surface area contributed by atoms with Gasteiger partial charge in [-0.2, -0.15) is 5.26 Å². The molecule has 1 aliphatic rings. The summed E-state index contributed by atoms with van der Waals surface area (Å²) in [6.07, 6.45) is 4.42. The monoisotopic (exact) mass is 296 g/mol. The Bertz CT molecular complexity index is 531. The Balaban J connectivity index is 2.18. The molecular formula is C14H14Cl2N2O. The molecule has 0 aliphatic heterocycles. The molecule has 19 heavy (non-hydrogen) atoms. The van der Waals surface area contributed by atoms with Crippen LogP contribution in [0.5, 0.6) is 0 Å². The van der Waals surface area contributed by atoms with Crippen molar-refractivity contribution in [2.24, 2.45) is 0 Å². The van der Waals surface area contributed by atoms with E-state index >= 15 is 0 Å². The van der Waals surface area contributed by atoms with E-state index in [9.17, 15) is 10.1 Å². The van der Waals surface area contributed by atoms with E-state index in [0.717, 1.165) is 19.3 Å². The third-order valence-electron chi connectivity index (χ3n) is 3.45. The summed E-state index contributed by atoms with van der Waals surface area (Å²) < 4.78 is 0. The number of nitrogens with one attached hydrogen (secondary N) is 1. The molecule has 0 saturated heterocycles. The number of benzene rings is 1. The van der Waals surface area contributed by atoms with Gasteiger partial charge < -0.3 is 5.32 Å². The number of nitrogens with zero attached hydrogens (tertiary/aromatic N) is 1. The smallest absolute Gasteiger partial charge is 0.254 e. The Kier molecular flexibility index (Phi) is 4.34. The molecule has 0 spiro atoms. The first-order valence-electron chi connectivity index (χ1n) is 6.25. The highest BCUT2D eigenvalue weighted by Gasteiger charge is 2.34. The standard InChI is InChI=1S/C14H14Cl2N2O/c15-10-4-5-11(12(16)8-10)13(19)18-14(9-17)6-2-1-3-7-14/h4-5,8H,1-3,6-7H2,(H,18,19). The van der Waals surface area contributed by atoms with E-state index in [1.54, 1.807) is 12.1 Å². The average molecular weight is 297 g/mol. The predicted octanol–water partition coefficient (Wildman–Crippen LogP) is 3.95. The van der Waals surface area contributed by atoms with Crippen LogP contribution < -0.4 is 5.32 Å². The number of rotatable bonds is 2. The fourth-order valence-electron chi connectivity index (χ4n) is 2.38. The second-order valence-electron chi connectivity index (χ2n) is 4.83. The highest BCUT2D eigenvalue weighted by Crippen LogP contribution is 2.29. The van der Waals surface area contributed by atoms with Crippen molar-refractivity contribution in [3.63, 3.8) is 0 Å². The van der Waals surface area contributed by atoms with E-state index in [-0.39, 0.29) is 5.91 Å². The minimum absolute atomic E-state index is 0.300. The van der Waals surface area contributed by atoms with Crippen molar-refractivity contribution < 1.29 is 4.79 Å². The lowest BCUT2D eigenvalue weighted by Crippen LogP contribution is -2.48. The molecule has 1 fully saturated rings. The van der Waals surface area contributed by atoms with Crippen molar-refractivity contribution in [2.75, 3.05) is 0 Å². The third-order valence-corrected chi connectivity index (χ3v) is 4.00. The molecule has 5 heteroatoms. The molecule has 1 aromatic rings. The van der Waals surface area contributed by atoms with Gasteiger partial charge in [-0.1, -0.05) is 42.5 Å². The first kappa shape index (κ1) is 14.2. The molecular weight excluding hydrogens is 283 g/mol. The zero-order valence-electron chi connectivity index (χ0n) is 10.4. The largest absolute Gasteiger partial charge is 0.334 e. The van der Waals surface area contributed by atoms with Gasteiger partial charge in [0.25, 0.3) is 5.91 Å². The van der Waals surface area contributed by atoms with E-state index in [2.05, 4.69) is 11.4 Å². The van der Waals surface area contributed by atoms with Gasteiger partial charge in [-0.25, -0.2) is 0 Å². The van der Waals surface area contributed by atoms with Gasteiger partial charge in [0.15, 0.2) is 0 Å². The van der Waals surface area contributed by atoms with E-state index in [1.807, 2.05) is 0 Å². The summed E-state index contributed by atoms with van der Waals surface area (Å²) in [6, 6.07) is 6.96. The van der Waals surface area contributed by atoms with Gasteiger partial charge >= 0.3 is 0 Å². The summed E-state index contributed by atoms with van der Waals surface area (Å²) in [5.74, 6) is -0.315. The van der Waals surface area contributed by atoms with Crippen LogP contribution in [0.15, 0.2) is 18.2 Å². The van der Waals surface area contributed by atoms with Gasteiger partial charge in [-0.3, -0.25) is 4.79 Å². The maximum absolute atomic E-state index is 12.2. The van der Waals surface area contributed by atoms with Crippen LogP contribution in [0.25, 0.3) is 0 Å². The van der Waals surface area contributed by atoms with Crippen molar-refractivity contribution in [2.45, 2.75) is 37.6 Å². The highest BCUT2D eigenvalue weighted by molar-refractivity contribution is 6.36. The molecule has 0 atom stereocenters. The van der Waals surface area contributed by atoms with Gasteiger partial charge in [0.05, 0.1) is 16.7 Å². The second-order valence-corrected chi connectivity index (χ2v) is 5.68. The molecule has 2 rings (SSSR count). The predicted molar refractivity (Wildman–Crippen MR) is 75.4 cm³/mol. The molecule has 1 N–H and O–H groups in total. The summed E-state index contributed by atoms with van der Waals surface area (Å²) in [5, 5.41) is 12.9. The molecule has 0 radical (unpaired) electrons. The average Bonchev–Trinajstić information content (AvgIpc) is 2.39. The van der Waals surface area contributed by atoms with Gasteiger partial charge in [-0.15, -0.1) is 0 Å². The van der Waals surface area contributed by atoms with Crippen LogP contribution >= 0.6 is 23.2 Å². The Morgan fingerprint density at radius 2 is 1.95 bits per heavy atom. The second kappa shape index (κ2) is 5.81. The Morgan fingerprint density at radius 1 is 1.26 bits per heavy atom. The zero-order valence-corrected chi connectivity index (χ0v) is 11.9. The SMILES string of the molecule is N#CC1(NC(=O)c2ccc(Cl)cc2Cl)CCCCC1. The van der Waals surface area contributed by atoms with Crippen molar-refractivity contribution in [3.8, 4) is 6.07 Å². The number of nitriles is 1. The summed E-state index contributed by atoms with van der Waals surface area (Å²) in [5.41, 5.74) is -0.399. The number of carbonyl (C=O) groups is 1. The first-order valence-corrected chi connectivity index (χ1v) is 7.01. The summed E-state index contributed by atoms with van der Waals surface area (Å²) in [4.78, 5) is 12.2. The molecule has 0 heterocycles. The lowest BCUT2D eigenvalue weighted by molar-refractivity contribution is 0.0903. The quantitative estimate of drug-likeness (QED) is 0.898. The molecule has 3 nitrogen and oxygen atoms in total. The van der Waals surface area contributed by atoms with E-state index in [4.69, 9.17) is 23.2 Å². The normalized spacial score (nSPS) is 17.5. The maximum atomic E-state index is 12.2. The van der Waals surface area contributed by atoms with Crippen molar-refractivity contribution in [1.82, 2.24) is 5.32 Å². The van der Waals surface area contributed by atoms with Crippen LogP contribution in [-0.2, 0) is 0 Å². The number of hydrogen-bond acceptors (Lipinski definition) is 2. The lowest BCUT2D eigenvalue weighted by atomic mass is 9.82. The number of hydrogen-bond donors (Lipinski definition) is 1. The van der Waals surface area contributed by atoms with Crippen LogP contribution in [0.3, 0.4) is 0 Å². The van der Waals surface area contributed by atoms with E-state index < -0.39 is 5.54 Å². The molecule has 0 unspecified atom stereocenters. The highest BCUT2D eigenvalue weighted by atomic mass is 35.5. The van der Waals surface area contributed by atoms with Gasteiger partial charge in [0.1, 0.15) is 5.54 Å². The Hall–Kier alpha value is -1.24. The summed E-state index contributed by atoms with van der Waals surface area (Å²) in [6.45, 7) is 0. The fraction of sp³-hybridized carbons (Fsp3) is 0.429. The van der Waals surface area contributed by atoms with Crippen molar-refractivity contribution in [1.29, 1.82) is 5.26 Å². The molecule has 1 amide bonds. The Morgan fingerprint density at radius 3 is 2.53 bits per heavy atom. The van der Waals surface area contributed by atoms with Crippen LogP contribution in [0.2, 0.25) is 10.0 Å². The topological polar surface area (TPSA) is 52.9 Å². The zero-order chi connectivity index (χ0) is 13.9. The van der Waals surface area contributed by atoms with Crippen LogP contribution in [0.1, 0.15) is 42.5 Å². The van der Waals surface area contributed by atoms with Crippen LogP contribution in [-0.4, -0.2) is 11.4 Å². The molecule has 1 aliphatic carbocycles. The molecule has 0 bridgehead atoms. The number of halogens is 2. The molecule has 1 saturated carbocycles. The molecule has 100 valence electrons. The molecule has 0 aromatic heterocycles. The minimum atomic E-state index is -0.752.